The highest BCUT2D eigenvalue weighted by atomic mass is 35.5. The van der Waals surface area contributed by atoms with E-state index in [9.17, 15) is 0 Å². The van der Waals surface area contributed by atoms with Crippen molar-refractivity contribution >= 4 is 12.4 Å². The topological polar surface area (TPSA) is 41.7 Å². The molecule has 1 aromatic carbocycles. The number of hydrogen-bond donors (Lipinski definition) is 1. The molecule has 0 aliphatic carbocycles. The summed E-state index contributed by atoms with van der Waals surface area (Å²) in [5.41, 5.74) is 6.93. The maximum Gasteiger partial charge on any atom is 0.119 e. The smallest absolute Gasteiger partial charge is 0.119 e. The van der Waals surface area contributed by atoms with Gasteiger partial charge < -0.3 is 10.5 Å². The van der Waals surface area contributed by atoms with E-state index in [1.54, 1.807) is 7.11 Å². The average Bonchev–Trinajstić information content (AvgIpc) is 2.48. The molecule has 1 saturated heterocycles. The van der Waals surface area contributed by atoms with Gasteiger partial charge >= 0.3 is 0 Å². The molecule has 0 aromatic heterocycles. The van der Waals surface area contributed by atoms with Crippen LogP contribution in [0.3, 0.4) is 0 Å². The molecule has 1 aliphatic heterocycles. The Balaban J connectivity index is 0.00000200. The van der Waals surface area contributed by atoms with E-state index in [2.05, 4.69) is 34.9 Å². The van der Waals surface area contributed by atoms with Crippen LogP contribution in [0.25, 0.3) is 0 Å². The number of halogens is 1. The molecule has 20 heavy (non-hydrogen) atoms. The lowest BCUT2D eigenvalue weighted by atomic mass is 10.1. The summed E-state index contributed by atoms with van der Waals surface area (Å²) in [5, 5.41) is 0. The van der Waals surface area contributed by atoms with Gasteiger partial charge in [-0.2, -0.15) is 0 Å². The summed E-state index contributed by atoms with van der Waals surface area (Å²) in [5.74, 6) is 0.936. The van der Waals surface area contributed by atoms with Crippen molar-refractivity contribution in [2.45, 2.75) is 13.0 Å². The van der Waals surface area contributed by atoms with Crippen molar-refractivity contribution in [2.75, 3.05) is 46.4 Å². The number of rotatable bonds is 5. The van der Waals surface area contributed by atoms with E-state index in [4.69, 9.17) is 10.5 Å². The third-order valence-electron chi connectivity index (χ3n) is 3.98. The zero-order valence-corrected chi connectivity index (χ0v) is 13.2. The van der Waals surface area contributed by atoms with Crippen LogP contribution in [0.5, 0.6) is 5.75 Å². The second-order valence-electron chi connectivity index (χ2n) is 5.12. The van der Waals surface area contributed by atoms with E-state index in [0.717, 1.165) is 45.0 Å². The molecule has 0 amide bonds. The lowest BCUT2D eigenvalue weighted by molar-refractivity contribution is 0.104. The minimum atomic E-state index is 0. The number of piperazine rings is 1. The van der Waals surface area contributed by atoms with Crippen LogP contribution in [-0.4, -0.2) is 56.2 Å². The third-order valence-corrected chi connectivity index (χ3v) is 3.98. The Labute approximate surface area is 128 Å². The van der Waals surface area contributed by atoms with Gasteiger partial charge in [-0.15, -0.1) is 12.4 Å². The van der Waals surface area contributed by atoms with E-state index in [0.29, 0.717) is 6.04 Å². The number of methoxy groups -OCH3 is 1. The Morgan fingerprint density at radius 3 is 2.55 bits per heavy atom. The molecule has 0 saturated carbocycles. The first-order chi connectivity index (χ1) is 9.24. The first-order valence-corrected chi connectivity index (χ1v) is 7.05. The molecule has 1 atom stereocenters. The fraction of sp³-hybridized carbons (Fsp3) is 0.600. The molecule has 1 aliphatic rings. The minimum absolute atomic E-state index is 0. The van der Waals surface area contributed by atoms with Crippen LogP contribution >= 0.6 is 12.4 Å². The van der Waals surface area contributed by atoms with E-state index < -0.39 is 0 Å². The largest absolute Gasteiger partial charge is 0.497 e. The third kappa shape index (κ3) is 4.35. The molecule has 1 heterocycles. The monoisotopic (exact) mass is 299 g/mol. The molecule has 4 nitrogen and oxygen atoms in total. The Bertz CT molecular complexity index is 394. The molecule has 1 fully saturated rings. The van der Waals surface area contributed by atoms with Crippen molar-refractivity contribution in [2.24, 2.45) is 5.73 Å². The predicted molar refractivity (Wildman–Crippen MR) is 85.7 cm³/mol. The van der Waals surface area contributed by atoms with Crippen molar-refractivity contribution in [1.29, 1.82) is 0 Å². The Hall–Kier alpha value is -0.810. The summed E-state index contributed by atoms with van der Waals surface area (Å²) in [6.07, 6.45) is 0. The molecule has 2 rings (SSSR count). The number of benzene rings is 1. The molecule has 114 valence electrons. The van der Waals surface area contributed by atoms with E-state index >= 15 is 0 Å². The second-order valence-corrected chi connectivity index (χ2v) is 5.12. The van der Waals surface area contributed by atoms with Gasteiger partial charge in [0.25, 0.3) is 0 Å². The summed E-state index contributed by atoms with van der Waals surface area (Å²) in [6.45, 7) is 8.49. The summed E-state index contributed by atoms with van der Waals surface area (Å²) < 4.78 is 5.30. The van der Waals surface area contributed by atoms with Crippen LogP contribution in [0.15, 0.2) is 24.3 Å². The van der Waals surface area contributed by atoms with Gasteiger partial charge in [0.1, 0.15) is 5.75 Å². The first-order valence-electron chi connectivity index (χ1n) is 7.05. The summed E-state index contributed by atoms with van der Waals surface area (Å²) in [4.78, 5) is 4.97. The van der Waals surface area contributed by atoms with Crippen molar-refractivity contribution in [3.8, 4) is 5.75 Å². The minimum Gasteiger partial charge on any atom is -0.497 e. The molecular weight excluding hydrogens is 274 g/mol. The van der Waals surface area contributed by atoms with Gasteiger partial charge in [0, 0.05) is 45.3 Å². The van der Waals surface area contributed by atoms with Gasteiger partial charge in [-0.1, -0.05) is 12.1 Å². The van der Waals surface area contributed by atoms with Crippen molar-refractivity contribution in [3.63, 3.8) is 0 Å². The molecule has 1 aromatic rings. The van der Waals surface area contributed by atoms with Gasteiger partial charge in [-0.05, 0) is 24.6 Å². The fourth-order valence-electron chi connectivity index (χ4n) is 2.67. The van der Waals surface area contributed by atoms with Gasteiger partial charge in [-0.3, -0.25) is 9.80 Å². The molecular formula is C15H26ClN3O. The lowest BCUT2D eigenvalue weighted by Crippen LogP contribution is -2.48. The SMILES string of the molecule is COc1cccc(C(C)N2CCN(CCN)CC2)c1.Cl. The summed E-state index contributed by atoms with van der Waals surface area (Å²) >= 11 is 0. The van der Waals surface area contributed by atoms with E-state index in [1.165, 1.54) is 5.56 Å². The molecule has 1 unspecified atom stereocenters. The molecule has 0 bridgehead atoms. The maximum atomic E-state index is 5.61. The Kier molecular flexibility index (Phi) is 7.30. The van der Waals surface area contributed by atoms with Crippen LogP contribution in [0, 0.1) is 0 Å². The van der Waals surface area contributed by atoms with Crippen LogP contribution in [0.4, 0.5) is 0 Å². The molecule has 0 radical (unpaired) electrons. The van der Waals surface area contributed by atoms with Crippen LogP contribution in [-0.2, 0) is 0 Å². The highest BCUT2D eigenvalue weighted by Gasteiger charge is 2.21. The second kappa shape index (κ2) is 8.47. The van der Waals surface area contributed by atoms with Crippen LogP contribution < -0.4 is 10.5 Å². The van der Waals surface area contributed by atoms with Gasteiger partial charge in [-0.25, -0.2) is 0 Å². The number of nitrogens with zero attached hydrogens (tertiary/aromatic N) is 2. The van der Waals surface area contributed by atoms with Crippen LogP contribution in [0.2, 0.25) is 0 Å². The molecule has 5 heteroatoms. The average molecular weight is 300 g/mol. The Morgan fingerprint density at radius 2 is 1.95 bits per heavy atom. The summed E-state index contributed by atoms with van der Waals surface area (Å²) in [7, 11) is 1.72. The normalized spacial score (nSPS) is 18.4. The van der Waals surface area contributed by atoms with Gasteiger partial charge in [0.05, 0.1) is 7.11 Å². The highest BCUT2D eigenvalue weighted by Crippen LogP contribution is 2.24. The van der Waals surface area contributed by atoms with Crippen molar-refractivity contribution < 1.29 is 4.74 Å². The number of ether oxygens (including phenoxy) is 1. The zero-order chi connectivity index (χ0) is 13.7. The fourth-order valence-corrected chi connectivity index (χ4v) is 2.67. The highest BCUT2D eigenvalue weighted by molar-refractivity contribution is 5.85. The number of hydrogen-bond acceptors (Lipinski definition) is 4. The van der Waals surface area contributed by atoms with E-state index in [-0.39, 0.29) is 12.4 Å². The standard InChI is InChI=1S/C15H25N3O.ClH/c1-13(14-4-3-5-15(12-14)19-2)18-10-8-17(7-6-16)9-11-18;/h3-5,12-13H,6-11,16H2,1-2H3;1H. The number of nitrogens with two attached hydrogens (primary N) is 1. The Morgan fingerprint density at radius 1 is 1.25 bits per heavy atom. The first kappa shape index (κ1) is 17.2. The summed E-state index contributed by atoms with van der Waals surface area (Å²) in [6, 6.07) is 8.82. The van der Waals surface area contributed by atoms with Gasteiger partial charge in [0.2, 0.25) is 0 Å². The predicted octanol–water partition coefficient (Wildman–Crippen LogP) is 1.75. The molecule has 2 N–H and O–H groups in total. The zero-order valence-electron chi connectivity index (χ0n) is 12.4. The maximum absolute atomic E-state index is 5.61. The van der Waals surface area contributed by atoms with Crippen LogP contribution in [0.1, 0.15) is 18.5 Å². The lowest BCUT2D eigenvalue weighted by Gasteiger charge is -2.38. The van der Waals surface area contributed by atoms with Gasteiger partial charge in [0.15, 0.2) is 0 Å². The van der Waals surface area contributed by atoms with E-state index in [1.807, 2.05) is 6.07 Å². The quantitative estimate of drug-likeness (QED) is 0.899. The van der Waals surface area contributed by atoms with Crippen molar-refractivity contribution in [3.05, 3.63) is 29.8 Å². The molecule has 0 spiro atoms. The van der Waals surface area contributed by atoms with Crippen molar-refractivity contribution in [1.82, 2.24) is 9.80 Å².